The van der Waals surface area contributed by atoms with Crippen molar-refractivity contribution in [1.82, 2.24) is 9.55 Å². The molecule has 96 valence electrons. The van der Waals surface area contributed by atoms with E-state index in [2.05, 4.69) is 4.98 Å². The van der Waals surface area contributed by atoms with Crippen LogP contribution in [0.15, 0.2) is 36.5 Å². The lowest BCUT2D eigenvalue weighted by atomic mass is 10.2. The summed E-state index contributed by atoms with van der Waals surface area (Å²) >= 11 is 12.4. The van der Waals surface area contributed by atoms with Crippen LogP contribution in [0, 0.1) is 9.77 Å². The van der Waals surface area contributed by atoms with Gasteiger partial charge in [0.15, 0.2) is 5.95 Å². The molecule has 0 aromatic carbocycles. The normalized spacial score (nSPS) is 11.1. The Kier molecular flexibility index (Phi) is 3.35. The van der Waals surface area contributed by atoms with Crippen molar-refractivity contribution in [2.24, 2.45) is 0 Å². The standard InChI is InChI=1S/C13H8ClFN2S2/c14-11-3-1-8(6-16-11)7-17-9-5-13(18)19-10(9)2-4-12(17)15/h1-6H,7H2. The highest BCUT2D eigenvalue weighted by atomic mass is 35.5. The van der Waals surface area contributed by atoms with Crippen molar-refractivity contribution in [1.29, 1.82) is 0 Å². The number of fused-ring (bicyclic) bond motifs is 1. The summed E-state index contributed by atoms with van der Waals surface area (Å²) < 4.78 is 16.3. The average Bonchev–Trinajstić information content (AvgIpc) is 2.76. The number of halogens is 2. The molecule has 3 heterocycles. The van der Waals surface area contributed by atoms with Gasteiger partial charge in [-0.3, -0.25) is 0 Å². The van der Waals surface area contributed by atoms with E-state index in [1.54, 1.807) is 22.9 Å². The molecule has 0 atom stereocenters. The molecule has 0 unspecified atom stereocenters. The van der Waals surface area contributed by atoms with Crippen molar-refractivity contribution in [3.63, 3.8) is 0 Å². The number of pyridine rings is 2. The van der Waals surface area contributed by atoms with E-state index < -0.39 is 0 Å². The molecule has 0 fully saturated rings. The number of nitrogens with zero attached hydrogens (tertiary/aromatic N) is 2. The van der Waals surface area contributed by atoms with Crippen molar-refractivity contribution in [2.75, 3.05) is 0 Å². The highest BCUT2D eigenvalue weighted by molar-refractivity contribution is 7.73. The Balaban J connectivity index is 2.07. The summed E-state index contributed by atoms with van der Waals surface area (Å²) in [7, 11) is 0. The van der Waals surface area contributed by atoms with Gasteiger partial charge in [0.2, 0.25) is 0 Å². The van der Waals surface area contributed by atoms with Crippen molar-refractivity contribution in [3.05, 3.63) is 57.0 Å². The molecular formula is C13H8ClFN2S2. The summed E-state index contributed by atoms with van der Waals surface area (Å²) in [6, 6.07) is 8.56. The number of hydrogen-bond acceptors (Lipinski definition) is 3. The van der Waals surface area contributed by atoms with Gasteiger partial charge in [0.1, 0.15) is 5.15 Å². The SMILES string of the molecule is Fc1ccc2sc(=S)cc-2n1Cc1ccc(Cl)nc1. The monoisotopic (exact) mass is 310 g/mol. The summed E-state index contributed by atoms with van der Waals surface area (Å²) in [6.07, 6.45) is 1.65. The Hall–Kier alpha value is -1.30. The summed E-state index contributed by atoms with van der Waals surface area (Å²) in [6.45, 7) is 0.402. The van der Waals surface area contributed by atoms with Gasteiger partial charge in [-0.2, -0.15) is 4.39 Å². The number of aromatic nitrogens is 2. The number of thiophene rings is 1. The molecule has 2 aliphatic heterocycles. The van der Waals surface area contributed by atoms with Crippen LogP contribution in [0.2, 0.25) is 5.15 Å². The first-order valence-corrected chi connectivity index (χ1v) is 7.13. The third-order valence-electron chi connectivity index (χ3n) is 2.77. The fourth-order valence-corrected chi connectivity index (χ4v) is 3.19. The highest BCUT2D eigenvalue weighted by Gasteiger charge is 2.13. The average molecular weight is 311 g/mol. The minimum Gasteiger partial charge on any atom is -0.312 e. The molecule has 19 heavy (non-hydrogen) atoms. The van der Waals surface area contributed by atoms with Crippen LogP contribution >= 0.6 is 35.2 Å². The summed E-state index contributed by atoms with van der Waals surface area (Å²) in [5.41, 5.74) is 1.70. The molecule has 6 heteroatoms. The third kappa shape index (κ3) is 2.54. The maximum Gasteiger partial charge on any atom is 0.194 e. The van der Waals surface area contributed by atoms with Gasteiger partial charge in [-0.05, 0) is 29.8 Å². The first kappa shape index (κ1) is 12.7. The van der Waals surface area contributed by atoms with Gasteiger partial charge in [0.25, 0.3) is 0 Å². The molecule has 2 aliphatic rings. The second-order valence-electron chi connectivity index (χ2n) is 4.05. The van der Waals surface area contributed by atoms with Crippen LogP contribution in [-0.2, 0) is 6.54 Å². The lowest BCUT2D eigenvalue weighted by molar-refractivity contribution is 0.509. The largest absolute Gasteiger partial charge is 0.312 e. The minimum atomic E-state index is -0.296. The van der Waals surface area contributed by atoms with Crippen LogP contribution in [0.3, 0.4) is 0 Å². The van der Waals surface area contributed by atoms with E-state index in [4.69, 9.17) is 23.8 Å². The van der Waals surface area contributed by atoms with E-state index >= 15 is 0 Å². The Morgan fingerprint density at radius 3 is 2.89 bits per heavy atom. The van der Waals surface area contributed by atoms with Crippen LogP contribution in [0.5, 0.6) is 0 Å². The van der Waals surface area contributed by atoms with Gasteiger partial charge in [-0.25, -0.2) is 4.98 Å². The fraction of sp³-hybridized carbons (Fsp3) is 0.0769. The molecule has 1 aromatic rings. The van der Waals surface area contributed by atoms with E-state index in [-0.39, 0.29) is 5.95 Å². The topological polar surface area (TPSA) is 17.8 Å². The Morgan fingerprint density at radius 2 is 2.16 bits per heavy atom. The molecule has 0 N–H and O–H groups in total. The first-order chi connectivity index (χ1) is 9.13. The zero-order valence-corrected chi connectivity index (χ0v) is 12.0. The Morgan fingerprint density at radius 1 is 1.32 bits per heavy atom. The molecule has 1 aromatic heterocycles. The molecule has 3 rings (SSSR count). The van der Waals surface area contributed by atoms with Crippen LogP contribution in [0.4, 0.5) is 4.39 Å². The van der Waals surface area contributed by atoms with Crippen LogP contribution < -0.4 is 0 Å². The molecule has 2 nitrogen and oxygen atoms in total. The van der Waals surface area contributed by atoms with Gasteiger partial charge in [0.05, 0.1) is 20.9 Å². The number of hydrogen-bond donors (Lipinski definition) is 0. The van der Waals surface area contributed by atoms with Gasteiger partial charge < -0.3 is 4.57 Å². The zero-order valence-electron chi connectivity index (χ0n) is 9.64. The molecule has 0 radical (unpaired) electrons. The third-order valence-corrected chi connectivity index (χ3v) is 4.24. The van der Waals surface area contributed by atoms with E-state index in [1.165, 1.54) is 17.4 Å². The zero-order chi connectivity index (χ0) is 13.4. The summed E-state index contributed by atoms with van der Waals surface area (Å²) in [5.74, 6) is -0.296. The van der Waals surface area contributed by atoms with Crippen LogP contribution in [-0.4, -0.2) is 9.55 Å². The van der Waals surface area contributed by atoms with Crippen molar-refractivity contribution in [3.8, 4) is 10.6 Å². The second kappa shape index (κ2) is 5.00. The molecular weight excluding hydrogens is 303 g/mol. The van der Waals surface area contributed by atoms with Crippen molar-refractivity contribution < 1.29 is 4.39 Å². The van der Waals surface area contributed by atoms with E-state index in [0.29, 0.717) is 11.7 Å². The lowest BCUT2D eigenvalue weighted by Crippen LogP contribution is -2.08. The van der Waals surface area contributed by atoms with Gasteiger partial charge in [0, 0.05) is 6.20 Å². The lowest BCUT2D eigenvalue weighted by Gasteiger charge is -2.13. The van der Waals surface area contributed by atoms with Crippen LogP contribution in [0.1, 0.15) is 5.56 Å². The van der Waals surface area contributed by atoms with Gasteiger partial charge in [-0.1, -0.05) is 29.9 Å². The summed E-state index contributed by atoms with van der Waals surface area (Å²) in [4.78, 5) is 4.98. The minimum absolute atomic E-state index is 0.296. The van der Waals surface area contributed by atoms with E-state index in [0.717, 1.165) is 20.0 Å². The fourth-order valence-electron chi connectivity index (χ4n) is 1.90. The van der Waals surface area contributed by atoms with Crippen molar-refractivity contribution >= 4 is 35.2 Å². The smallest absolute Gasteiger partial charge is 0.194 e. The maximum atomic E-state index is 14.0. The molecule has 0 spiro atoms. The second-order valence-corrected chi connectivity index (χ2v) is 6.22. The Labute approximate surface area is 123 Å². The molecule has 0 bridgehead atoms. The van der Waals surface area contributed by atoms with Gasteiger partial charge in [-0.15, -0.1) is 11.3 Å². The molecule has 0 saturated heterocycles. The highest BCUT2D eigenvalue weighted by Crippen LogP contribution is 2.30. The summed E-state index contributed by atoms with van der Waals surface area (Å²) in [5, 5.41) is 0.427. The van der Waals surface area contributed by atoms with E-state index in [1.807, 2.05) is 12.1 Å². The van der Waals surface area contributed by atoms with Crippen LogP contribution in [0.25, 0.3) is 10.6 Å². The predicted octanol–water partition coefficient (Wildman–Crippen LogP) is 4.62. The van der Waals surface area contributed by atoms with Gasteiger partial charge >= 0.3 is 0 Å². The quantitative estimate of drug-likeness (QED) is 0.508. The van der Waals surface area contributed by atoms with Crippen molar-refractivity contribution in [2.45, 2.75) is 6.54 Å². The van der Waals surface area contributed by atoms with E-state index in [9.17, 15) is 4.39 Å². The maximum absolute atomic E-state index is 14.0. The molecule has 0 amide bonds. The number of rotatable bonds is 2. The first-order valence-electron chi connectivity index (χ1n) is 5.53. The Bertz CT molecular complexity index is 748. The predicted molar refractivity (Wildman–Crippen MR) is 78.1 cm³/mol. The molecule has 0 aliphatic carbocycles. The molecule has 0 saturated carbocycles.